The Morgan fingerprint density at radius 1 is 1.31 bits per heavy atom. The highest BCUT2D eigenvalue weighted by molar-refractivity contribution is 5.91. The van der Waals surface area contributed by atoms with Crippen molar-refractivity contribution in [1.82, 2.24) is 4.98 Å². The minimum atomic E-state index is -0.479. The molecule has 0 atom stereocenters. The van der Waals surface area contributed by atoms with Crippen LogP contribution in [0.4, 0.5) is 5.82 Å². The first kappa shape index (κ1) is 10.9. The highest BCUT2D eigenvalue weighted by Gasteiger charge is 2.13. The first-order chi connectivity index (χ1) is 7.75. The Labute approximate surface area is 95.3 Å². The summed E-state index contributed by atoms with van der Waals surface area (Å²) in [5.74, 6) is 0.274. The van der Waals surface area contributed by atoms with Crippen molar-refractivity contribution >= 4 is 11.7 Å². The highest BCUT2D eigenvalue weighted by atomic mass is 16.1. The molecule has 3 N–H and O–H groups in total. The molecule has 0 aromatic carbocycles. The molecule has 1 aromatic heterocycles. The van der Waals surface area contributed by atoms with E-state index in [2.05, 4.69) is 10.3 Å². The number of hydrogen-bond acceptors (Lipinski definition) is 3. The summed E-state index contributed by atoms with van der Waals surface area (Å²) >= 11 is 0. The molecule has 1 heterocycles. The van der Waals surface area contributed by atoms with Crippen molar-refractivity contribution in [1.29, 1.82) is 0 Å². The van der Waals surface area contributed by atoms with Crippen LogP contribution in [0, 0.1) is 0 Å². The first-order valence-electron chi connectivity index (χ1n) is 5.79. The third kappa shape index (κ3) is 2.72. The fraction of sp³-hybridized carbons (Fsp3) is 0.500. The molecule has 1 amide bonds. The molecule has 2 rings (SSSR count). The summed E-state index contributed by atoms with van der Waals surface area (Å²) in [5.41, 5.74) is 5.51. The van der Waals surface area contributed by atoms with Crippen LogP contribution in [0.1, 0.15) is 42.6 Å². The van der Waals surface area contributed by atoms with E-state index in [4.69, 9.17) is 5.73 Å². The Bertz CT molecular complexity index is 372. The van der Waals surface area contributed by atoms with Crippen LogP contribution in [-0.4, -0.2) is 16.9 Å². The Kier molecular flexibility index (Phi) is 3.39. The van der Waals surface area contributed by atoms with E-state index in [1.54, 1.807) is 12.1 Å². The number of amides is 1. The molecule has 1 fully saturated rings. The number of carbonyl (C=O) groups excluding carboxylic acids is 1. The summed E-state index contributed by atoms with van der Waals surface area (Å²) in [6, 6.07) is 5.80. The summed E-state index contributed by atoms with van der Waals surface area (Å²) < 4.78 is 0. The SMILES string of the molecule is NC(=O)c1cccc(NC2CCCCC2)n1. The van der Waals surface area contributed by atoms with Crippen LogP contribution in [0.5, 0.6) is 0 Å². The van der Waals surface area contributed by atoms with Gasteiger partial charge in [-0.1, -0.05) is 25.3 Å². The molecule has 1 aromatic rings. The summed E-state index contributed by atoms with van der Waals surface area (Å²) in [6.07, 6.45) is 6.23. The number of aromatic nitrogens is 1. The summed E-state index contributed by atoms with van der Waals surface area (Å²) in [6.45, 7) is 0. The van der Waals surface area contributed by atoms with Gasteiger partial charge in [0.15, 0.2) is 0 Å². The summed E-state index contributed by atoms with van der Waals surface area (Å²) in [7, 11) is 0. The van der Waals surface area contributed by atoms with E-state index in [0.29, 0.717) is 11.7 Å². The Hall–Kier alpha value is -1.58. The summed E-state index contributed by atoms with van der Waals surface area (Å²) in [4.78, 5) is 15.2. The van der Waals surface area contributed by atoms with E-state index in [-0.39, 0.29) is 0 Å². The van der Waals surface area contributed by atoms with E-state index < -0.39 is 5.91 Å². The number of rotatable bonds is 3. The van der Waals surface area contributed by atoms with Crippen LogP contribution < -0.4 is 11.1 Å². The van der Waals surface area contributed by atoms with Crippen molar-refractivity contribution in [2.24, 2.45) is 5.73 Å². The van der Waals surface area contributed by atoms with Gasteiger partial charge in [-0.25, -0.2) is 4.98 Å². The van der Waals surface area contributed by atoms with Gasteiger partial charge in [0.05, 0.1) is 0 Å². The molecule has 4 heteroatoms. The second kappa shape index (κ2) is 4.96. The molecule has 86 valence electrons. The van der Waals surface area contributed by atoms with Gasteiger partial charge in [0.25, 0.3) is 5.91 Å². The van der Waals surface area contributed by atoms with Gasteiger partial charge in [0.2, 0.25) is 0 Å². The molecule has 1 saturated carbocycles. The lowest BCUT2D eigenvalue weighted by Crippen LogP contribution is -2.23. The molecular formula is C12H17N3O. The quantitative estimate of drug-likeness (QED) is 0.816. The van der Waals surface area contributed by atoms with Crippen molar-refractivity contribution < 1.29 is 4.79 Å². The van der Waals surface area contributed by atoms with Crippen LogP contribution in [0.3, 0.4) is 0 Å². The second-order valence-electron chi connectivity index (χ2n) is 4.25. The van der Waals surface area contributed by atoms with Gasteiger partial charge in [0, 0.05) is 6.04 Å². The topological polar surface area (TPSA) is 68.0 Å². The molecule has 16 heavy (non-hydrogen) atoms. The van der Waals surface area contributed by atoms with Crippen molar-refractivity contribution in [3.8, 4) is 0 Å². The average molecular weight is 219 g/mol. The zero-order valence-electron chi connectivity index (χ0n) is 9.28. The molecule has 4 nitrogen and oxygen atoms in total. The van der Waals surface area contributed by atoms with Crippen LogP contribution in [-0.2, 0) is 0 Å². The third-order valence-electron chi connectivity index (χ3n) is 2.96. The lowest BCUT2D eigenvalue weighted by molar-refractivity contribution is 0.0995. The molecule has 1 aliphatic carbocycles. The lowest BCUT2D eigenvalue weighted by atomic mass is 9.95. The van der Waals surface area contributed by atoms with Crippen molar-refractivity contribution in [3.63, 3.8) is 0 Å². The zero-order chi connectivity index (χ0) is 11.4. The number of nitrogens with zero attached hydrogens (tertiary/aromatic N) is 1. The molecule has 1 aliphatic rings. The van der Waals surface area contributed by atoms with Crippen LogP contribution in [0.2, 0.25) is 0 Å². The molecule has 0 saturated heterocycles. The predicted molar refractivity (Wildman–Crippen MR) is 63.3 cm³/mol. The van der Waals surface area contributed by atoms with Gasteiger partial charge in [-0.2, -0.15) is 0 Å². The van der Waals surface area contributed by atoms with Gasteiger partial charge in [-0.15, -0.1) is 0 Å². The number of nitrogens with two attached hydrogens (primary N) is 1. The van der Waals surface area contributed by atoms with E-state index in [1.807, 2.05) is 6.07 Å². The smallest absolute Gasteiger partial charge is 0.267 e. The normalized spacial score (nSPS) is 17.0. The molecule has 0 bridgehead atoms. The van der Waals surface area contributed by atoms with Gasteiger partial charge in [0.1, 0.15) is 11.5 Å². The van der Waals surface area contributed by atoms with Crippen molar-refractivity contribution in [3.05, 3.63) is 23.9 Å². The van der Waals surface area contributed by atoms with Gasteiger partial charge in [-0.05, 0) is 25.0 Å². The van der Waals surface area contributed by atoms with E-state index in [9.17, 15) is 4.79 Å². The molecule has 0 unspecified atom stereocenters. The Balaban J connectivity index is 2.02. The number of pyridine rings is 1. The predicted octanol–water partition coefficient (Wildman–Crippen LogP) is 1.93. The van der Waals surface area contributed by atoms with Gasteiger partial charge < -0.3 is 11.1 Å². The van der Waals surface area contributed by atoms with Gasteiger partial charge in [-0.3, -0.25) is 4.79 Å². The van der Waals surface area contributed by atoms with E-state index >= 15 is 0 Å². The number of hydrogen-bond donors (Lipinski definition) is 2. The molecule has 0 aliphatic heterocycles. The van der Waals surface area contributed by atoms with Crippen molar-refractivity contribution in [2.45, 2.75) is 38.1 Å². The molecular weight excluding hydrogens is 202 g/mol. The fourth-order valence-electron chi connectivity index (χ4n) is 2.11. The maximum atomic E-state index is 11.0. The van der Waals surface area contributed by atoms with Crippen molar-refractivity contribution in [2.75, 3.05) is 5.32 Å². The number of anilines is 1. The average Bonchev–Trinajstić information content (AvgIpc) is 2.30. The fourth-order valence-corrected chi connectivity index (χ4v) is 2.11. The second-order valence-corrected chi connectivity index (χ2v) is 4.25. The lowest BCUT2D eigenvalue weighted by Gasteiger charge is -2.23. The standard InChI is InChI=1S/C12H17N3O/c13-12(16)10-7-4-8-11(15-10)14-9-5-2-1-3-6-9/h4,7-9H,1-3,5-6H2,(H2,13,16)(H,14,15). The highest BCUT2D eigenvalue weighted by Crippen LogP contribution is 2.20. The van der Waals surface area contributed by atoms with Crippen LogP contribution in [0.15, 0.2) is 18.2 Å². The monoisotopic (exact) mass is 219 g/mol. The van der Waals surface area contributed by atoms with Crippen LogP contribution in [0.25, 0.3) is 0 Å². The minimum absolute atomic E-state index is 0.320. The Morgan fingerprint density at radius 3 is 2.75 bits per heavy atom. The van der Waals surface area contributed by atoms with Gasteiger partial charge >= 0.3 is 0 Å². The minimum Gasteiger partial charge on any atom is -0.367 e. The number of primary amides is 1. The number of nitrogens with one attached hydrogen (secondary N) is 1. The maximum Gasteiger partial charge on any atom is 0.267 e. The molecule has 0 radical (unpaired) electrons. The largest absolute Gasteiger partial charge is 0.367 e. The zero-order valence-corrected chi connectivity index (χ0v) is 9.28. The first-order valence-corrected chi connectivity index (χ1v) is 5.79. The van der Waals surface area contributed by atoms with E-state index in [1.165, 1.54) is 32.1 Å². The van der Waals surface area contributed by atoms with Crippen LogP contribution >= 0.6 is 0 Å². The maximum absolute atomic E-state index is 11.0. The Morgan fingerprint density at radius 2 is 2.06 bits per heavy atom. The summed E-state index contributed by atoms with van der Waals surface area (Å²) in [5, 5.41) is 3.36. The van der Waals surface area contributed by atoms with E-state index in [0.717, 1.165) is 5.82 Å². The number of carbonyl (C=O) groups is 1. The molecule has 0 spiro atoms. The third-order valence-corrected chi connectivity index (χ3v) is 2.96.